The van der Waals surface area contributed by atoms with Crippen LogP contribution in [0.2, 0.25) is 0 Å². The third kappa shape index (κ3) is 72.6. The number of unbranched alkanes of at least 4 members (excludes halogenated alkanes) is 55. The molecule has 88 heavy (non-hydrogen) atoms. The summed E-state index contributed by atoms with van der Waals surface area (Å²) in [5, 5.41) is 23.3. The summed E-state index contributed by atoms with van der Waals surface area (Å²) in [5.41, 5.74) is 0. The van der Waals surface area contributed by atoms with Gasteiger partial charge < -0.3 is 20.3 Å². The molecule has 0 radical (unpaired) electrons. The van der Waals surface area contributed by atoms with E-state index in [1.807, 2.05) is 6.08 Å². The minimum Gasteiger partial charge on any atom is -0.466 e. The van der Waals surface area contributed by atoms with Crippen LogP contribution in [0, 0.1) is 0 Å². The Labute approximate surface area is 549 Å². The third-order valence-corrected chi connectivity index (χ3v) is 18.3. The van der Waals surface area contributed by atoms with Crippen molar-refractivity contribution < 1.29 is 24.5 Å². The Balaban J connectivity index is 3.42. The van der Waals surface area contributed by atoms with Crippen LogP contribution in [0.25, 0.3) is 0 Å². The smallest absolute Gasteiger partial charge is 0.305 e. The quantitative estimate of drug-likeness (QED) is 0.0320. The average molecular weight is 1230 g/mol. The monoisotopic (exact) mass is 1230 g/mol. The number of esters is 1. The van der Waals surface area contributed by atoms with E-state index in [9.17, 15) is 19.8 Å². The summed E-state index contributed by atoms with van der Waals surface area (Å²) in [5.74, 6) is -0.0581. The number of hydrogen-bond acceptors (Lipinski definition) is 5. The second kappa shape index (κ2) is 77.0. The summed E-state index contributed by atoms with van der Waals surface area (Å²) in [6, 6.07) is -0.630. The molecular weight excluding hydrogens is 1080 g/mol. The first kappa shape index (κ1) is 85.6. The molecule has 516 valence electrons. The van der Waals surface area contributed by atoms with Crippen LogP contribution in [-0.2, 0) is 14.3 Å². The fourth-order valence-electron chi connectivity index (χ4n) is 12.2. The van der Waals surface area contributed by atoms with Gasteiger partial charge in [-0.3, -0.25) is 9.59 Å². The summed E-state index contributed by atoms with van der Waals surface area (Å²) in [4.78, 5) is 24.7. The highest BCUT2D eigenvalue weighted by Crippen LogP contribution is 2.19. The Morgan fingerprint density at radius 1 is 0.318 bits per heavy atom. The van der Waals surface area contributed by atoms with Crippen molar-refractivity contribution in [2.75, 3.05) is 13.2 Å². The van der Waals surface area contributed by atoms with E-state index >= 15 is 0 Å². The van der Waals surface area contributed by atoms with Crippen molar-refractivity contribution in [2.45, 2.75) is 437 Å². The van der Waals surface area contributed by atoms with Crippen LogP contribution in [-0.4, -0.2) is 47.4 Å². The highest BCUT2D eigenvalue weighted by atomic mass is 16.5. The summed E-state index contributed by atoms with van der Waals surface area (Å²) in [6.45, 7) is 4.91. The molecule has 0 aliphatic rings. The number of carbonyl (C=O) groups is 2. The number of allylic oxidation sites excluding steroid dienone is 9. The van der Waals surface area contributed by atoms with Crippen molar-refractivity contribution in [2.24, 2.45) is 0 Å². The molecule has 0 saturated heterocycles. The summed E-state index contributed by atoms with van der Waals surface area (Å²) < 4.78 is 5.50. The largest absolute Gasteiger partial charge is 0.466 e. The highest BCUT2D eigenvalue weighted by Gasteiger charge is 2.18. The molecule has 3 N–H and O–H groups in total. The van der Waals surface area contributed by atoms with E-state index < -0.39 is 12.1 Å². The fourth-order valence-corrected chi connectivity index (χ4v) is 12.2. The van der Waals surface area contributed by atoms with Crippen molar-refractivity contribution in [3.63, 3.8) is 0 Å². The zero-order chi connectivity index (χ0) is 63.5. The average Bonchev–Trinajstić information content (AvgIpc) is 3.58. The summed E-state index contributed by atoms with van der Waals surface area (Å²) >= 11 is 0. The molecule has 2 unspecified atom stereocenters. The van der Waals surface area contributed by atoms with Crippen molar-refractivity contribution in [3.05, 3.63) is 60.8 Å². The zero-order valence-corrected chi connectivity index (χ0v) is 59.2. The van der Waals surface area contributed by atoms with Crippen molar-refractivity contribution in [3.8, 4) is 0 Å². The number of ether oxygens (including phenoxy) is 1. The Morgan fingerprint density at radius 2 is 0.568 bits per heavy atom. The molecule has 0 aromatic heterocycles. The maximum Gasteiger partial charge on any atom is 0.305 e. The van der Waals surface area contributed by atoms with E-state index in [0.717, 1.165) is 57.8 Å². The van der Waals surface area contributed by atoms with Gasteiger partial charge in [-0.15, -0.1) is 0 Å². The van der Waals surface area contributed by atoms with Gasteiger partial charge in [0.15, 0.2) is 0 Å². The number of aliphatic hydroxyl groups is 2. The van der Waals surface area contributed by atoms with Gasteiger partial charge in [-0.1, -0.05) is 376 Å². The van der Waals surface area contributed by atoms with Crippen molar-refractivity contribution in [1.29, 1.82) is 0 Å². The van der Waals surface area contributed by atoms with Crippen LogP contribution < -0.4 is 5.32 Å². The van der Waals surface area contributed by atoms with Gasteiger partial charge in [0, 0.05) is 12.8 Å². The normalized spacial score (nSPS) is 12.8. The molecule has 0 heterocycles. The first-order valence-electron chi connectivity index (χ1n) is 39.6. The lowest BCUT2D eigenvalue weighted by molar-refractivity contribution is -0.143. The van der Waals surface area contributed by atoms with Crippen LogP contribution in [0.3, 0.4) is 0 Å². The highest BCUT2D eigenvalue weighted by molar-refractivity contribution is 5.76. The molecule has 0 bridgehead atoms. The fraction of sp³-hybridized carbons (Fsp3) is 0.854. The standard InChI is InChI=1S/C82H153NO5/c1-3-5-7-9-11-13-15-17-19-21-22-23-33-36-39-43-46-50-54-58-62-66-70-74-80(85)79(78-84)83-81(86)75-71-67-63-59-55-51-47-44-40-37-34-31-29-27-25-24-26-28-30-32-35-38-41-45-49-53-57-61-65-69-73-77-88-82(87)76-72-68-64-60-56-52-48-42-20-18-16-14-12-10-8-6-4-2/h12,14,18,20,26,28,32,35,70,74,79-80,84-85H,3-11,13,15-17,19,21-25,27,29-31,33-34,36-69,71-73,75-78H2,1-2H3,(H,83,86)/b14-12-,20-18-,28-26-,35-32-,74-70+. The predicted octanol–water partition coefficient (Wildman–Crippen LogP) is 26.2. The maximum atomic E-state index is 12.5. The summed E-state index contributed by atoms with van der Waals surface area (Å²) in [7, 11) is 0. The van der Waals surface area contributed by atoms with Gasteiger partial charge in [0.05, 0.1) is 25.4 Å². The molecule has 0 saturated carbocycles. The second-order valence-corrected chi connectivity index (χ2v) is 27.0. The molecule has 0 spiro atoms. The molecule has 0 aromatic carbocycles. The van der Waals surface area contributed by atoms with Crippen LogP contribution in [0.5, 0.6) is 0 Å². The lowest BCUT2D eigenvalue weighted by Gasteiger charge is -2.20. The van der Waals surface area contributed by atoms with Gasteiger partial charge in [0.1, 0.15) is 0 Å². The van der Waals surface area contributed by atoms with Gasteiger partial charge in [0.25, 0.3) is 0 Å². The number of carbonyl (C=O) groups excluding carboxylic acids is 2. The Morgan fingerprint density at radius 3 is 0.886 bits per heavy atom. The van der Waals surface area contributed by atoms with E-state index in [4.69, 9.17) is 4.74 Å². The molecule has 6 heteroatoms. The van der Waals surface area contributed by atoms with Crippen LogP contribution in [0.15, 0.2) is 60.8 Å². The van der Waals surface area contributed by atoms with Gasteiger partial charge in [0.2, 0.25) is 5.91 Å². The van der Waals surface area contributed by atoms with E-state index in [2.05, 4.69) is 67.8 Å². The molecule has 1 amide bonds. The molecule has 0 aliphatic carbocycles. The van der Waals surface area contributed by atoms with E-state index in [1.54, 1.807) is 6.08 Å². The molecule has 0 aromatic rings. The number of hydrogen-bond donors (Lipinski definition) is 3. The SMILES string of the molecule is CCCCC/C=C\C/C=C\CCCCCCCCCC(=O)OCCCCCCCCCCC/C=C\C/C=C\CCCCCCCCCCCCCCCCCC(=O)NC(CO)C(O)/C=C/CCCCCCCCCCCCCCCCCCCCCCC. The Bertz CT molecular complexity index is 1520. The van der Waals surface area contributed by atoms with E-state index in [1.165, 1.54) is 340 Å². The predicted molar refractivity (Wildman–Crippen MR) is 389 cm³/mol. The minimum atomic E-state index is -0.847. The van der Waals surface area contributed by atoms with Gasteiger partial charge in [-0.25, -0.2) is 0 Å². The topological polar surface area (TPSA) is 95.9 Å². The first-order valence-corrected chi connectivity index (χ1v) is 39.6. The molecular formula is C82H153NO5. The number of rotatable bonds is 74. The third-order valence-electron chi connectivity index (χ3n) is 18.3. The van der Waals surface area contributed by atoms with Crippen LogP contribution in [0.4, 0.5) is 0 Å². The molecule has 0 fully saturated rings. The lowest BCUT2D eigenvalue weighted by atomic mass is 10.0. The second-order valence-electron chi connectivity index (χ2n) is 27.0. The lowest BCUT2D eigenvalue weighted by Crippen LogP contribution is -2.45. The first-order chi connectivity index (χ1) is 43.5. The minimum absolute atomic E-state index is 0.00536. The van der Waals surface area contributed by atoms with Crippen molar-refractivity contribution >= 4 is 11.9 Å². The summed E-state index contributed by atoms with van der Waals surface area (Å²) in [6.07, 6.45) is 103. The van der Waals surface area contributed by atoms with Crippen LogP contribution >= 0.6 is 0 Å². The Kier molecular flexibility index (Phi) is 74.9. The van der Waals surface area contributed by atoms with Crippen molar-refractivity contribution in [1.82, 2.24) is 5.32 Å². The van der Waals surface area contributed by atoms with Crippen LogP contribution in [0.1, 0.15) is 425 Å². The zero-order valence-electron chi connectivity index (χ0n) is 59.2. The van der Waals surface area contributed by atoms with E-state index in [0.29, 0.717) is 19.4 Å². The number of aliphatic hydroxyl groups excluding tert-OH is 2. The Hall–Kier alpha value is -2.44. The van der Waals surface area contributed by atoms with E-state index in [-0.39, 0.29) is 18.5 Å². The van der Waals surface area contributed by atoms with Gasteiger partial charge in [-0.05, 0) is 96.3 Å². The van der Waals surface area contributed by atoms with Gasteiger partial charge >= 0.3 is 5.97 Å². The molecule has 6 nitrogen and oxygen atoms in total. The number of nitrogens with one attached hydrogen (secondary N) is 1. The molecule has 0 aliphatic heterocycles. The maximum absolute atomic E-state index is 12.5. The number of amides is 1. The molecule has 2 atom stereocenters. The van der Waals surface area contributed by atoms with Gasteiger partial charge in [-0.2, -0.15) is 0 Å². The molecule has 0 rings (SSSR count).